The number of hydrogen-bond acceptors (Lipinski definition) is 9. The Hall–Kier alpha value is -3.74. The minimum absolute atomic E-state index is 0.0120. The number of carbonyl (C=O) groups is 3. The van der Waals surface area contributed by atoms with Crippen LogP contribution in [-0.4, -0.2) is 37.4 Å². The molecule has 2 aromatic heterocycles. The molecular weight excluding hydrogens is 570 g/mol. The molecule has 220 valence electrons. The number of ether oxygens (including phenoxy) is 3. The summed E-state index contributed by atoms with van der Waals surface area (Å²) in [5, 5.41) is 10.8. The number of nitriles is 1. The topological polar surface area (TPSA) is 103 Å². The second-order valence-electron chi connectivity index (χ2n) is 11.1. The molecule has 7 nitrogen and oxygen atoms in total. The maximum atomic E-state index is 12.8. The van der Waals surface area contributed by atoms with Crippen molar-refractivity contribution in [2.24, 2.45) is 0 Å². The largest absolute Gasteiger partial charge is 0.496 e. The molecule has 0 saturated carbocycles. The predicted molar refractivity (Wildman–Crippen MR) is 167 cm³/mol. The Balaban J connectivity index is 1.45. The molecule has 4 rings (SSSR count). The lowest BCUT2D eigenvalue weighted by atomic mass is 10.0. The third-order valence-electron chi connectivity index (χ3n) is 6.72. The standard InChI is InChI=1S/C33H35NO6S2/c1-33(2,3)40-32(37)12-11-25(36)31-17-23-15-21(27(39-5)19-29(23)42-31)9-6-8-20-14-22-16-30(24(35)10-7-13-34)41-28(22)18-26(20)38-4/h14-19H,6-12H2,1-5H3. The number of methoxy groups -OCH3 is 2. The van der Waals surface area contributed by atoms with Crippen LogP contribution in [0.15, 0.2) is 36.4 Å². The highest BCUT2D eigenvalue weighted by atomic mass is 32.1. The van der Waals surface area contributed by atoms with Crippen molar-refractivity contribution >= 4 is 60.4 Å². The van der Waals surface area contributed by atoms with Crippen LogP contribution in [0.2, 0.25) is 0 Å². The van der Waals surface area contributed by atoms with Crippen LogP contribution in [0.25, 0.3) is 20.2 Å². The van der Waals surface area contributed by atoms with Crippen LogP contribution >= 0.6 is 22.7 Å². The first-order chi connectivity index (χ1) is 20.0. The fourth-order valence-corrected chi connectivity index (χ4v) is 6.85. The fourth-order valence-electron chi connectivity index (χ4n) is 4.77. The Labute approximate surface area is 254 Å². The molecule has 2 aromatic carbocycles. The lowest BCUT2D eigenvalue weighted by Gasteiger charge is -2.19. The van der Waals surface area contributed by atoms with Crippen LogP contribution in [0.1, 0.15) is 83.3 Å². The SMILES string of the molecule is COc1cc2sc(C(=O)CCC#N)cc2cc1CCCc1cc2cc(C(=O)CCC(=O)OC(C)(C)C)sc2cc1OC. The summed E-state index contributed by atoms with van der Waals surface area (Å²) in [6.45, 7) is 5.42. The van der Waals surface area contributed by atoms with Gasteiger partial charge >= 0.3 is 5.97 Å². The molecule has 0 radical (unpaired) electrons. The Morgan fingerprint density at radius 1 is 0.762 bits per heavy atom. The number of nitrogens with zero attached hydrogens (tertiary/aromatic N) is 1. The summed E-state index contributed by atoms with van der Waals surface area (Å²) >= 11 is 2.84. The lowest BCUT2D eigenvalue weighted by molar-refractivity contribution is -0.154. The summed E-state index contributed by atoms with van der Waals surface area (Å²) < 4.78 is 18.6. The molecule has 0 saturated heterocycles. The van der Waals surface area contributed by atoms with Crippen LogP contribution < -0.4 is 9.47 Å². The molecule has 4 aromatic rings. The highest BCUT2D eigenvalue weighted by Gasteiger charge is 2.19. The van der Waals surface area contributed by atoms with E-state index in [-0.39, 0.29) is 43.2 Å². The van der Waals surface area contributed by atoms with Gasteiger partial charge in [0.25, 0.3) is 0 Å². The zero-order valence-corrected chi connectivity index (χ0v) is 26.3. The Kier molecular flexibility index (Phi) is 10.0. The number of rotatable bonds is 13. The van der Waals surface area contributed by atoms with Gasteiger partial charge in [0, 0.05) is 28.7 Å². The van der Waals surface area contributed by atoms with E-state index in [2.05, 4.69) is 12.1 Å². The van der Waals surface area contributed by atoms with Gasteiger partial charge in [0.05, 0.1) is 36.5 Å². The number of aryl methyl sites for hydroxylation is 2. The van der Waals surface area contributed by atoms with Gasteiger partial charge in [-0.3, -0.25) is 14.4 Å². The number of carbonyl (C=O) groups excluding carboxylic acids is 3. The minimum Gasteiger partial charge on any atom is -0.496 e. The number of hydrogen-bond donors (Lipinski definition) is 0. The Bertz CT molecular complexity index is 1670. The first-order valence-electron chi connectivity index (χ1n) is 13.9. The van der Waals surface area contributed by atoms with Crippen molar-refractivity contribution in [3.63, 3.8) is 0 Å². The van der Waals surface area contributed by atoms with E-state index in [1.165, 1.54) is 22.7 Å². The van der Waals surface area contributed by atoms with Gasteiger partial charge in [-0.2, -0.15) is 5.26 Å². The molecule has 0 unspecified atom stereocenters. The van der Waals surface area contributed by atoms with E-state index in [1.54, 1.807) is 14.2 Å². The van der Waals surface area contributed by atoms with Crippen LogP contribution in [0.5, 0.6) is 11.5 Å². The first kappa shape index (κ1) is 31.2. The number of esters is 1. The number of ketones is 2. The lowest BCUT2D eigenvalue weighted by Crippen LogP contribution is -2.24. The number of thiophene rings is 2. The maximum Gasteiger partial charge on any atom is 0.306 e. The number of Topliss-reactive ketones (excluding diaryl/α,β-unsaturated/α-hetero) is 2. The van der Waals surface area contributed by atoms with Crippen molar-refractivity contribution in [2.75, 3.05) is 14.2 Å². The quantitative estimate of drug-likeness (QED) is 0.112. The summed E-state index contributed by atoms with van der Waals surface area (Å²) in [6.07, 6.45) is 2.98. The molecule has 0 aliphatic carbocycles. The van der Waals surface area contributed by atoms with Crippen molar-refractivity contribution in [3.05, 3.63) is 57.3 Å². The molecule has 0 N–H and O–H groups in total. The molecule has 2 heterocycles. The van der Waals surface area contributed by atoms with Gasteiger partial charge in [0.2, 0.25) is 0 Å². The summed E-state index contributed by atoms with van der Waals surface area (Å²) in [7, 11) is 3.30. The zero-order valence-electron chi connectivity index (χ0n) is 24.6. The van der Waals surface area contributed by atoms with Gasteiger partial charge < -0.3 is 14.2 Å². The van der Waals surface area contributed by atoms with Crippen LogP contribution in [0.3, 0.4) is 0 Å². The zero-order chi connectivity index (χ0) is 30.4. The molecule has 0 atom stereocenters. The summed E-state index contributed by atoms with van der Waals surface area (Å²) in [5.41, 5.74) is 1.54. The van der Waals surface area contributed by atoms with E-state index in [0.29, 0.717) is 9.75 Å². The molecule has 0 aliphatic rings. The molecule has 0 spiro atoms. The monoisotopic (exact) mass is 605 g/mol. The smallest absolute Gasteiger partial charge is 0.306 e. The van der Waals surface area contributed by atoms with Gasteiger partial charge in [0.1, 0.15) is 17.1 Å². The summed E-state index contributed by atoms with van der Waals surface area (Å²) in [6, 6.07) is 13.9. The number of benzene rings is 2. The van der Waals surface area contributed by atoms with E-state index in [4.69, 9.17) is 19.5 Å². The van der Waals surface area contributed by atoms with Gasteiger partial charge in [-0.15, -0.1) is 22.7 Å². The van der Waals surface area contributed by atoms with E-state index >= 15 is 0 Å². The van der Waals surface area contributed by atoms with E-state index in [9.17, 15) is 14.4 Å². The minimum atomic E-state index is -0.574. The van der Waals surface area contributed by atoms with Gasteiger partial charge in [0.15, 0.2) is 11.6 Å². The van der Waals surface area contributed by atoms with E-state index in [1.807, 2.05) is 51.1 Å². The van der Waals surface area contributed by atoms with Gasteiger partial charge in [-0.05, 0) is 98.3 Å². The van der Waals surface area contributed by atoms with E-state index < -0.39 is 5.60 Å². The van der Waals surface area contributed by atoms with Crippen molar-refractivity contribution in [1.82, 2.24) is 0 Å². The highest BCUT2D eigenvalue weighted by molar-refractivity contribution is 7.21. The first-order valence-corrected chi connectivity index (χ1v) is 15.5. The Morgan fingerprint density at radius 3 is 1.71 bits per heavy atom. The van der Waals surface area contributed by atoms with Crippen LogP contribution in [0.4, 0.5) is 0 Å². The normalized spacial score (nSPS) is 11.4. The molecular formula is C33H35NO6S2. The summed E-state index contributed by atoms with van der Waals surface area (Å²) in [5.74, 6) is 1.10. The average molecular weight is 606 g/mol. The molecule has 0 amide bonds. The predicted octanol–water partition coefficient (Wildman–Crippen LogP) is 8.10. The van der Waals surface area contributed by atoms with Gasteiger partial charge in [-0.1, -0.05) is 0 Å². The maximum absolute atomic E-state index is 12.8. The fraction of sp³-hybridized carbons (Fsp3) is 0.394. The van der Waals surface area contributed by atoms with Gasteiger partial charge in [-0.25, -0.2) is 0 Å². The van der Waals surface area contributed by atoms with Crippen LogP contribution in [0, 0.1) is 11.3 Å². The van der Waals surface area contributed by atoms with Crippen molar-refractivity contribution < 1.29 is 28.6 Å². The third-order valence-corrected chi connectivity index (χ3v) is 9.00. The summed E-state index contributed by atoms with van der Waals surface area (Å²) in [4.78, 5) is 38.6. The number of fused-ring (bicyclic) bond motifs is 2. The average Bonchev–Trinajstić information content (AvgIpc) is 3.56. The van der Waals surface area contributed by atoms with Crippen molar-refractivity contribution in [3.8, 4) is 17.6 Å². The Morgan fingerprint density at radius 2 is 1.26 bits per heavy atom. The molecule has 42 heavy (non-hydrogen) atoms. The van der Waals surface area contributed by atoms with Crippen molar-refractivity contribution in [1.29, 1.82) is 5.26 Å². The highest BCUT2D eigenvalue weighted by Crippen LogP contribution is 2.36. The molecule has 0 fully saturated rings. The second kappa shape index (κ2) is 13.5. The molecule has 0 aliphatic heterocycles. The van der Waals surface area contributed by atoms with E-state index in [0.717, 1.165) is 62.1 Å². The molecule has 9 heteroatoms. The third kappa shape index (κ3) is 7.75. The van der Waals surface area contributed by atoms with Crippen molar-refractivity contribution in [2.45, 2.75) is 71.3 Å². The second-order valence-corrected chi connectivity index (χ2v) is 13.2. The molecule has 0 bridgehead atoms. The van der Waals surface area contributed by atoms with Crippen LogP contribution in [-0.2, 0) is 22.4 Å².